The fraction of sp³-hybridized carbons (Fsp3) is 1.00. The average Bonchev–Trinajstić information content (AvgIpc) is 2.94. The van der Waals surface area contributed by atoms with E-state index in [1.54, 1.807) is 0 Å². The molecule has 0 saturated carbocycles. The summed E-state index contributed by atoms with van der Waals surface area (Å²) in [5.74, 6) is 0. The first-order valence-electron chi connectivity index (χ1n) is 15.1. The molecule has 2 saturated heterocycles. The summed E-state index contributed by atoms with van der Waals surface area (Å²) < 4.78 is 22.1. The number of hydrogen-bond acceptors (Lipinski definition) is 11. The maximum atomic E-state index is 10.6. The zero-order chi connectivity index (χ0) is 28.6. The van der Waals surface area contributed by atoms with Crippen molar-refractivity contribution in [3.8, 4) is 0 Å². The molecule has 39 heavy (non-hydrogen) atoms. The molecule has 0 spiro atoms. The molecule has 0 bridgehead atoms. The van der Waals surface area contributed by atoms with E-state index in [-0.39, 0.29) is 0 Å². The lowest BCUT2D eigenvalue weighted by Gasteiger charge is -2.45. The van der Waals surface area contributed by atoms with Crippen molar-refractivity contribution in [2.75, 3.05) is 19.8 Å². The topological polar surface area (TPSA) is 179 Å². The molecule has 0 aromatic rings. The molecule has 2 heterocycles. The van der Waals surface area contributed by atoms with Crippen molar-refractivity contribution in [2.45, 2.75) is 158 Å². The third kappa shape index (κ3) is 11.4. The number of ether oxygens (including phenoxy) is 4. The van der Waals surface area contributed by atoms with E-state index in [0.717, 1.165) is 19.3 Å². The minimum Gasteiger partial charge on any atom is -0.394 e. The third-order valence-corrected chi connectivity index (χ3v) is 7.74. The van der Waals surface area contributed by atoms with Crippen LogP contribution in [0.15, 0.2) is 0 Å². The second-order valence-corrected chi connectivity index (χ2v) is 11.0. The number of aliphatic hydroxyl groups is 7. The van der Waals surface area contributed by atoms with E-state index in [0.29, 0.717) is 6.61 Å². The van der Waals surface area contributed by atoms with Gasteiger partial charge in [0, 0.05) is 6.61 Å². The Hall–Kier alpha value is -0.440. The number of rotatable bonds is 20. The molecule has 232 valence electrons. The summed E-state index contributed by atoms with van der Waals surface area (Å²) in [6, 6.07) is 0. The zero-order valence-corrected chi connectivity index (χ0v) is 23.6. The largest absolute Gasteiger partial charge is 0.394 e. The number of hydrogen-bond donors (Lipinski definition) is 7. The fourth-order valence-electron chi connectivity index (χ4n) is 5.19. The molecule has 7 N–H and O–H groups in total. The quantitative estimate of drug-likeness (QED) is 0.105. The monoisotopic (exact) mass is 566 g/mol. The number of unbranched alkanes of at least 4 members (excludes halogenated alkanes) is 13. The van der Waals surface area contributed by atoms with Crippen LogP contribution in [0.3, 0.4) is 0 Å². The van der Waals surface area contributed by atoms with Crippen LogP contribution in [-0.4, -0.2) is 117 Å². The van der Waals surface area contributed by atoms with Crippen molar-refractivity contribution >= 4 is 0 Å². The Morgan fingerprint density at radius 2 is 0.974 bits per heavy atom. The van der Waals surface area contributed by atoms with Crippen molar-refractivity contribution in [3.63, 3.8) is 0 Å². The summed E-state index contributed by atoms with van der Waals surface area (Å²) in [4.78, 5) is 0. The average molecular weight is 567 g/mol. The maximum absolute atomic E-state index is 10.6. The van der Waals surface area contributed by atoms with Crippen LogP contribution in [0.1, 0.15) is 96.8 Å². The second kappa shape index (κ2) is 19.6. The van der Waals surface area contributed by atoms with Gasteiger partial charge in [0.05, 0.1) is 13.2 Å². The van der Waals surface area contributed by atoms with E-state index >= 15 is 0 Å². The second-order valence-electron chi connectivity index (χ2n) is 11.0. The number of aliphatic hydroxyl groups excluding tert-OH is 7. The van der Waals surface area contributed by atoms with Gasteiger partial charge < -0.3 is 54.7 Å². The lowest BCUT2D eigenvalue weighted by Crippen LogP contribution is -2.64. The van der Waals surface area contributed by atoms with E-state index in [4.69, 9.17) is 18.9 Å². The SMILES string of the molecule is CCCCCCCCCCCCCCCCO[C@@H]1OC(CO)[C@@H](O[C@H]2OC(CO)[C@@H](O)C(O)C2O)C(O)C1O. The summed E-state index contributed by atoms with van der Waals surface area (Å²) in [5, 5.41) is 70.4. The molecule has 0 radical (unpaired) electrons. The molecule has 6 unspecified atom stereocenters. The van der Waals surface area contributed by atoms with Gasteiger partial charge in [-0.05, 0) is 6.42 Å². The van der Waals surface area contributed by atoms with Gasteiger partial charge in [0.1, 0.15) is 48.8 Å². The van der Waals surface area contributed by atoms with Crippen LogP contribution in [0.4, 0.5) is 0 Å². The molecule has 11 nitrogen and oxygen atoms in total. The molecule has 0 aromatic carbocycles. The highest BCUT2D eigenvalue weighted by Crippen LogP contribution is 2.29. The van der Waals surface area contributed by atoms with Crippen LogP contribution in [0.25, 0.3) is 0 Å². The summed E-state index contributed by atoms with van der Waals surface area (Å²) >= 11 is 0. The Kier molecular flexibility index (Phi) is 17.5. The lowest BCUT2D eigenvalue weighted by atomic mass is 9.97. The van der Waals surface area contributed by atoms with Crippen LogP contribution in [-0.2, 0) is 18.9 Å². The Labute approximate surface area is 233 Å². The van der Waals surface area contributed by atoms with E-state index in [2.05, 4.69) is 6.92 Å². The molecule has 0 aromatic heterocycles. The van der Waals surface area contributed by atoms with Crippen LogP contribution >= 0.6 is 0 Å². The molecular formula is C28H54O11. The van der Waals surface area contributed by atoms with Gasteiger partial charge in [0.2, 0.25) is 0 Å². The van der Waals surface area contributed by atoms with Crippen molar-refractivity contribution in [1.29, 1.82) is 0 Å². The molecular weight excluding hydrogens is 512 g/mol. The summed E-state index contributed by atoms with van der Waals surface area (Å²) in [6.07, 6.45) is 2.97. The first-order valence-corrected chi connectivity index (χ1v) is 15.1. The van der Waals surface area contributed by atoms with Gasteiger partial charge in [-0.25, -0.2) is 0 Å². The van der Waals surface area contributed by atoms with Gasteiger partial charge in [0.15, 0.2) is 12.6 Å². The Balaban J connectivity index is 1.62. The standard InChI is InChI=1S/C28H54O11/c1-2-3-4-5-6-7-8-9-10-11-12-13-14-15-16-36-27-25(35)23(33)26(20(18-30)38-27)39-28-24(34)22(32)21(31)19(17-29)37-28/h19-35H,2-18H2,1H3/t19?,20?,21-,22?,23?,24?,25?,26-,27-,28-/m1/s1. The van der Waals surface area contributed by atoms with Crippen molar-refractivity contribution < 1.29 is 54.7 Å². The van der Waals surface area contributed by atoms with Crippen LogP contribution in [0.2, 0.25) is 0 Å². The van der Waals surface area contributed by atoms with Crippen molar-refractivity contribution in [2.24, 2.45) is 0 Å². The summed E-state index contributed by atoms with van der Waals surface area (Å²) in [7, 11) is 0. The highest BCUT2D eigenvalue weighted by atomic mass is 16.7. The molecule has 11 heteroatoms. The Morgan fingerprint density at radius 1 is 0.513 bits per heavy atom. The molecule has 10 atom stereocenters. The smallest absolute Gasteiger partial charge is 0.187 e. The summed E-state index contributed by atoms with van der Waals surface area (Å²) in [6.45, 7) is 1.34. The molecule has 0 amide bonds. The zero-order valence-electron chi connectivity index (χ0n) is 23.6. The van der Waals surface area contributed by atoms with E-state index < -0.39 is 74.6 Å². The Morgan fingerprint density at radius 3 is 1.49 bits per heavy atom. The van der Waals surface area contributed by atoms with Gasteiger partial charge >= 0.3 is 0 Å². The predicted molar refractivity (Wildman–Crippen MR) is 143 cm³/mol. The Bertz CT molecular complexity index is 608. The molecule has 2 fully saturated rings. The lowest BCUT2D eigenvalue weighted by molar-refractivity contribution is -0.359. The molecule has 2 rings (SSSR count). The van der Waals surface area contributed by atoms with E-state index in [9.17, 15) is 35.7 Å². The van der Waals surface area contributed by atoms with Crippen LogP contribution in [0.5, 0.6) is 0 Å². The van der Waals surface area contributed by atoms with E-state index in [1.807, 2.05) is 0 Å². The van der Waals surface area contributed by atoms with Gasteiger partial charge in [-0.1, -0.05) is 90.4 Å². The normalized spacial score (nSPS) is 35.4. The van der Waals surface area contributed by atoms with Gasteiger partial charge in [-0.2, -0.15) is 0 Å². The van der Waals surface area contributed by atoms with Crippen LogP contribution in [0, 0.1) is 0 Å². The summed E-state index contributed by atoms with van der Waals surface area (Å²) in [5.41, 5.74) is 0. The maximum Gasteiger partial charge on any atom is 0.187 e. The fourth-order valence-corrected chi connectivity index (χ4v) is 5.19. The van der Waals surface area contributed by atoms with Crippen molar-refractivity contribution in [3.05, 3.63) is 0 Å². The van der Waals surface area contributed by atoms with Crippen molar-refractivity contribution in [1.82, 2.24) is 0 Å². The highest BCUT2D eigenvalue weighted by molar-refractivity contribution is 4.94. The molecule has 2 aliphatic heterocycles. The van der Waals surface area contributed by atoms with Gasteiger partial charge in [-0.15, -0.1) is 0 Å². The molecule has 0 aliphatic carbocycles. The highest BCUT2D eigenvalue weighted by Gasteiger charge is 2.50. The van der Waals surface area contributed by atoms with Gasteiger partial charge in [0.25, 0.3) is 0 Å². The third-order valence-electron chi connectivity index (χ3n) is 7.74. The first-order chi connectivity index (χ1) is 18.8. The van der Waals surface area contributed by atoms with E-state index in [1.165, 1.54) is 70.6 Å². The predicted octanol–water partition coefficient (Wildman–Crippen LogP) is 1.11. The van der Waals surface area contributed by atoms with Gasteiger partial charge in [-0.3, -0.25) is 0 Å². The minimum atomic E-state index is -1.69. The minimum absolute atomic E-state index is 0.322. The molecule has 2 aliphatic rings. The van der Waals surface area contributed by atoms with Crippen LogP contribution < -0.4 is 0 Å². The first kappa shape index (κ1) is 34.8.